The van der Waals surface area contributed by atoms with Crippen molar-refractivity contribution in [3.8, 4) is 23.1 Å². The van der Waals surface area contributed by atoms with Crippen molar-refractivity contribution in [1.82, 2.24) is 14.9 Å². The highest BCUT2D eigenvalue weighted by Crippen LogP contribution is 2.35. The molecule has 3 saturated heterocycles. The van der Waals surface area contributed by atoms with Crippen molar-refractivity contribution in [2.45, 2.75) is 24.9 Å². The average molecular weight is 396 g/mol. The zero-order valence-corrected chi connectivity index (χ0v) is 17.0. The van der Waals surface area contributed by atoms with Crippen LogP contribution in [0.5, 0.6) is 0 Å². The smallest absolute Gasteiger partial charge is 0.141 e. The Morgan fingerprint density at radius 1 is 1.07 bits per heavy atom. The zero-order chi connectivity index (χ0) is 20.4. The molecule has 0 saturated carbocycles. The molecule has 0 radical (unpaired) electrons. The standard InChI is InChI=1S/C26H25N3O/c30-26(19-29-14-9-24(26)10-15-29)11-6-22-18-28-25(21-7-12-27-13-8-21)17-23(22)16-20-4-2-1-3-5-20/h1-5,7-8,12-13,17-18,24,30H,9-10,14-16,19H2. The molecule has 2 aromatic heterocycles. The summed E-state index contributed by atoms with van der Waals surface area (Å²) in [5.41, 5.74) is 4.28. The van der Waals surface area contributed by atoms with Crippen LogP contribution < -0.4 is 0 Å². The molecular weight excluding hydrogens is 370 g/mol. The fourth-order valence-corrected chi connectivity index (χ4v) is 4.61. The summed E-state index contributed by atoms with van der Waals surface area (Å²) in [4.78, 5) is 11.1. The second-order valence-corrected chi connectivity index (χ2v) is 8.35. The molecule has 0 aliphatic carbocycles. The third-order valence-corrected chi connectivity index (χ3v) is 6.34. The third kappa shape index (κ3) is 3.87. The summed E-state index contributed by atoms with van der Waals surface area (Å²) in [6, 6.07) is 16.5. The predicted octanol–water partition coefficient (Wildman–Crippen LogP) is 3.54. The molecule has 150 valence electrons. The first-order chi connectivity index (χ1) is 14.7. The predicted molar refractivity (Wildman–Crippen MR) is 118 cm³/mol. The quantitative estimate of drug-likeness (QED) is 0.689. The lowest BCUT2D eigenvalue weighted by atomic mass is 9.75. The SMILES string of the molecule is OC1(C#Cc2cnc(-c3ccncc3)cc2Cc2ccccc2)CN2CCC1CC2. The van der Waals surface area contributed by atoms with E-state index in [1.807, 2.05) is 24.4 Å². The summed E-state index contributed by atoms with van der Waals surface area (Å²) in [7, 11) is 0. The molecule has 0 amide bonds. The molecule has 5 heterocycles. The fraction of sp³-hybridized carbons (Fsp3) is 0.308. The maximum atomic E-state index is 11.2. The van der Waals surface area contributed by atoms with Gasteiger partial charge in [0.25, 0.3) is 0 Å². The number of nitrogens with zero attached hydrogens (tertiary/aromatic N) is 3. The van der Waals surface area contributed by atoms with Crippen LogP contribution in [-0.2, 0) is 6.42 Å². The van der Waals surface area contributed by atoms with Crippen LogP contribution in [-0.4, -0.2) is 45.2 Å². The van der Waals surface area contributed by atoms with Crippen LogP contribution in [0.4, 0.5) is 0 Å². The zero-order valence-electron chi connectivity index (χ0n) is 17.0. The van der Waals surface area contributed by atoms with Gasteiger partial charge in [0.15, 0.2) is 0 Å². The van der Waals surface area contributed by atoms with Crippen molar-refractivity contribution in [2.75, 3.05) is 19.6 Å². The molecule has 4 nitrogen and oxygen atoms in total. The van der Waals surface area contributed by atoms with Crippen LogP contribution in [0.25, 0.3) is 11.3 Å². The van der Waals surface area contributed by atoms with E-state index < -0.39 is 5.60 Å². The summed E-state index contributed by atoms with van der Waals surface area (Å²) in [5, 5.41) is 11.2. The second-order valence-electron chi connectivity index (χ2n) is 8.35. The van der Waals surface area contributed by atoms with Gasteiger partial charge in [0, 0.05) is 42.2 Å². The lowest BCUT2D eigenvalue weighted by Crippen LogP contribution is -2.58. The number of pyridine rings is 2. The van der Waals surface area contributed by atoms with Gasteiger partial charge < -0.3 is 5.11 Å². The van der Waals surface area contributed by atoms with Crippen LogP contribution in [0.3, 0.4) is 0 Å². The Balaban J connectivity index is 1.51. The Bertz CT molecular complexity index is 1080. The van der Waals surface area contributed by atoms with Gasteiger partial charge in [-0.15, -0.1) is 0 Å². The largest absolute Gasteiger partial charge is 0.376 e. The number of aromatic nitrogens is 2. The number of benzene rings is 1. The fourth-order valence-electron chi connectivity index (χ4n) is 4.61. The van der Waals surface area contributed by atoms with E-state index in [9.17, 15) is 5.11 Å². The van der Waals surface area contributed by atoms with E-state index >= 15 is 0 Å². The van der Waals surface area contributed by atoms with Crippen molar-refractivity contribution in [3.63, 3.8) is 0 Å². The summed E-state index contributed by atoms with van der Waals surface area (Å²) in [6.07, 6.45) is 8.25. The third-order valence-electron chi connectivity index (χ3n) is 6.34. The van der Waals surface area contributed by atoms with E-state index in [0.717, 1.165) is 54.7 Å². The van der Waals surface area contributed by atoms with Crippen LogP contribution in [0.1, 0.15) is 29.5 Å². The van der Waals surface area contributed by atoms with E-state index in [1.165, 1.54) is 5.56 Å². The van der Waals surface area contributed by atoms with Crippen molar-refractivity contribution < 1.29 is 5.11 Å². The van der Waals surface area contributed by atoms with Gasteiger partial charge >= 0.3 is 0 Å². The topological polar surface area (TPSA) is 49.3 Å². The van der Waals surface area contributed by atoms with Gasteiger partial charge in [-0.1, -0.05) is 42.2 Å². The molecule has 0 spiro atoms. The van der Waals surface area contributed by atoms with Crippen LogP contribution in [0.2, 0.25) is 0 Å². The Hall–Kier alpha value is -3.00. The van der Waals surface area contributed by atoms with Crippen molar-refractivity contribution >= 4 is 0 Å². The number of rotatable bonds is 3. The number of aliphatic hydroxyl groups is 1. The highest BCUT2D eigenvalue weighted by Gasteiger charge is 2.44. The first-order valence-electron chi connectivity index (χ1n) is 10.6. The van der Waals surface area contributed by atoms with Crippen LogP contribution in [0, 0.1) is 17.8 Å². The molecule has 2 bridgehead atoms. The molecule has 4 heteroatoms. The Morgan fingerprint density at radius 3 is 2.53 bits per heavy atom. The van der Waals surface area contributed by atoms with Crippen molar-refractivity contribution in [1.29, 1.82) is 0 Å². The van der Waals surface area contributed by atoms with Gasteiger partial charge in [0.05, 0.1) is 5.69 Å². The normalized spacial score (nSPS) is 24.8. The minimum absolute atomic E-state index is 0.275. The maximum Gasteiger partial charge on any atom is 0.141 e. The number of hydrogen-bond acceptors (Lipinski definition) is 4. The summed E-state index contributed by atoms with van der Waals surface area (Å²) >= 11 is 0. The molecule has 6 rings (SSSR count). The van der Waals surface area contributed by atoms with Crippen LogP contribution in [0.15, 0.2) is 67.1 Å². The molecule has 3 aliphatic rings. The summed E-state index contributed by atoms with van der Waals surface area (Å²) in [6.45, 7) is 2.81. The minimum atomic E-state index is -0.912. The summed E-state index contributed by atoms with van der Waals surface area (Å²) < 4.78 is 0. The van der Waals surface area contributed by atoms with Gasteiger partial charge in [-0.05, 0) is 61.7 Å². The van der Waals surface area contributed by atoms with E-state index in [1.54, 1.807) is 12.4 Å². The highest BCUT2D eigenvalue weighted by molar-refractivity contribution is 5.61. The molecule has 3 fully saturated rings. The van der Waals surface area contributed by atoms with E-state index in [4.69, 9.17) is 0 Å². The molecule has 1 atom stereocenters. The number of fused-ring (bicyclic) bond motifs is 3. The maximum absolute atomic E-state index is 11.2. The highest BCUT2D eigenvalue weighted by atomic mass is 16.3. The molecule has 30 heavy (non-hydrogen) atoms. The molecule has 3 aromatic rings. The number of hydrogen-bond donors (Lipinski definition) is 1. The van der Waals surface area contributed by atoms with Gasteiger partial charge in [0.2, 0.25) is 0 Å². The molecule has 3 aliphatic heterocycles. The molecule has 1 aromatic carbocycles. The van der Waals surface area contributed by atoms with E-state index in [0.29, 0.717) is 6.54 Å². The first kappa shape index (κ1) is 19.0. The van der Waals surface area contributed by atoms with E-state index in [-0.39, 0.29) is 5.92 Å². The Labute approximate surface area is 177 Å². The lowest BCUT2D eigenvalue weighted by Gasteiger charge is -2.47. The number of piperidine rings is 3. The van der Waals surface area contributed by atoms with E-state index in [2.05, 4.69) is 57.0 Å². The van der Waals surface area contributed by atoms with Crippen molar-refractivity contribution in [2.24, 2.45) is 5.92 Å². The molecule has 1 N–H and O–H groups in total. The monoisotopic (exact) mass is 395 g/mol. The van der Waals surface area contributed by atoms with Crippen molar-refractivity contribution in [3.05, 3.63) is 83.8 Å². The average Bonchev–Trinajstić information content (AvgIpc) is 2.80. The van der Waals surface area contributed by atoms with Gasteiger partial charge in [-0.25, -0.2) is 0 Å². The van der Waals surface area contributed by atoms with Gasteiger partial charge in [-0.2, -0.15) is 0 Å². The Morgan fingerprint density at radius 2 is 1.83 bits per heavy atom. The summed E-state index contributed by atoms with van der Waals surface area (Å²) in [5.74, 6) is 6.83. The van der Waals surface area contributed by atoms with Crippen LogP contribution >= 0.6 is 0 Å². The Kier molecular flexibility index (Phi) is 5.08. The first-order valence-corrected chi connectivity index (χ1v) is 10.6. The van der Waals surface area contributed by atoms with Gasteiger partial charge in [-0.3, -0.25) is 14.9 Å². The molecule has 1 unspecified atom stereocenters. The second kappa shape index (κ2) is 8.02. The lowest BCUT2D eigenvalue weighted by molar-refractivity contribution is -0.0713. The minimum Gasteiger partial charge on any atom is -0.376 e. The van der Waals surface area contributed by atoms with Gasteiger partial charge in [0.1, 0.15) is 5.60 Å². The molecular formula is C26H25N3O.